The summed E-state index contributed by atoms with van der Waals surface area (Å²) in [6, 6.07) is 6.86. The maximum atomic E-state index is 12.5. The lowest BCUT2D eigenvalue weighted by Crippen LogP contribution is -2.35. The van der Waals surface area contributed by atoms with Crippen molar-refractivity contribution in [3.63, 3.8) is 0 Å². The molecular formula is C13H16F3N3. The van der Waals surface area contributed by atoms with Crippen LogP contribution < -0.4 is 5.73 Å². The first-order chi connectivity index (χ1) is 8.85. The van der Waals surface area contributed by atoms with Gasteiger partial charge in [0.15, 0.2) is 0 Å². The second kappa shape index (κ2) is 5.21. The van der Waals surface area contributed by atoms with Crippen molar-refractivity contribution in [2.45, 2.75) is 31.6 Å². The summed E-state index contributed by atoms with van der Waals surface area (Å²) < 4.78 is 37.5. The first kappa shape index (κ1) is 13.9. The quantitative estimate of drug-likeness (QED) is 0.638. The summed E-state index contributed by atoms with van der Waals surface area (Å²) in [7, 11) is 0. The molecule has 0 saturated heterocycles. The van der Waals surface area contributed by atoms with E-state index in [1.807, 2.05) is 0 Å². The van der Waals surface area contributed by atoms with Gasteiger partial charge < -0.3 is 5.73 Å². The number of nitrogen functional groups attached to an aromatic ring is 1. The van der Waals surface area contributed by atoms with Crippen LogP contribution in [0.3, 0.4) is 0 Å². The molecule has 1 fully saturated rings. The van der Waals surface area contributed by atoms with Gasteiger partial charge >= 0.3 is 6.18 Å². The molecule has 1 saturated carbocycles. The van der Waals surface area contributed by atoms with Gasteiger partial charge in [0.25, 0.3) is 0 Å². The summed E-state index contributed by atoms with van der Waals surface area (Å²) in [5, 5.41) is 7.34. The zero-order chi connectivity index (χ0) is 14.0. The fourth-order valence-electron chi connectivity index (χ4n) is 2.06. The van der Waals surface area contributed by atoms with E-state index in [0.29, 0.717) is 5.56 Å². The van der Waals surface area contributed by atoms with Crippen LogP contribution in [0.4, 0.5) is 13.2 Å². The fraction of sp³-hybridized carbons (Fsp3) is 0.462. The highest BCUT2D eigenvalue weighted by Crippen LogP contribution is 2.31. The van der Waals surface area contributed by atoms with Crippen LogP contribution >= 0.6 is 0 Å². The smallest absolute Gasteiger partial charge is 0.384 e. The number of hydrogen-bond acceptors (Lipinski definition) is 2. The largest absolute Gasteiger partial charge is 0.401 e. The van der Waals surface area contributed by atoms with E-state index in [2.05, 4.69) is 0 Å². The standard InChI is InChI=1S/C13H16F3N3/c14-13(15,16)8-19(11-4-5-11)7-9-2-1-3-10(6-9)12(17)18/h1-3,6,11H,4-5,7-8H2,(H3,17,18). The van der Waals surface area contributed by atoms with Gasteiger partial charge in [-0.1, -0.05) is 18.2 Å². The van der Waals surface area contributed by atoms with Crippen molar-refractivity contribution in [2.24, 2.45) is 5.73 Å². The highest BCUT2D eigenvalue weighted by molar-refractivity contribution is 5.95. The van der Waals surface area contributed by atoms with Gasteiger partial charge in [0.2, 0.25) is 0 Å². The van der Waals surface area contributed by atoms with Crippen LogP contribution in [0.5, 0.6) is 0 Å². The van der Waals surface area contributed by atoms with E-state index in [9.17, 15) is 13.2 Å². The van der Waals surface area contributed by atoms with Crippen molar-refractivity contribution in [1.82, 2.24) is 4.90 Å². The molecule has 1 aromatic rings. The third-order valence-corrected chi connectivity index (χ3v) is 3.07. The molecule has 3 nitrogen and oxygen atoms in total. The van der Waals surface area contributed by atoms with Crippen molar-refractivity contribution in [2.75, 3.05) is 6.54 Å². The summed E-state index contributed by atoms with van der Waals surface area (Å²) in [5.74, 6) is -0.0735. The van der Waals surface area contributed by atoms with Crippen LogP contribution in [-0.2, 0) is 6.54 Å². The summed E-state index contributed by atoms with van der Waals surface area (Å²) in [4.78, 5) is 1.44. The molecule has 1 aromatic carbocycles. The number of nitrogens with one attached hydrogen (secondary N) is 1. The second-order valence-corrected chi connectivity index (χ2v) is 4.87. The Morgan fingerprint density at radius 2 is 2.05 bits per heavy atom. The van der Waals surface area contributed by atoms with Crippen LogP contribution in [0.1, 0.15) is 24.0 Å². The third kappa shape index (κ3) is 4.24. The van der Waals surface area contributed by atoms with Gasteiger partial charge in [-0.2, -0.15) is 13.2 Å². The number of rotatable bonds is 5. The minimum atomic E-state index is -4.18. The molecule has 1 aliphatic rings. The van der Waals surface area contributed by atoms with E-state index in [1.54, 1.807) is 24.3 Å². The predicted molar refractivity (Wildman–Crippen MR) is 66.9 cm³/mol. The molecule has 0 bridgehead atoms. The normalized spacial score (nSPS) is 15.8. The van der Waals surface area contributed by atoms with E-state index in [4.69, 9.17) is 11.1 Å². The van der Waals surface area contributed by atoms with E-state index in [0.717, 1.165) is 18.4 Å². The molecule has 0 radical (unpaired) electrons. The topological polar surface area (TPSA) is 53.1 Å². The highest BCUT2D eigenvalue weighted by Gasteiger charge is 2.37. The maximum absolute atomic E-state index is 12.5. The Labute approximate surface area is 109 Å². The van der Waals surface area contributed by atoms with Crippen molar-refractivity contribution in [1.29, 1.82) is 5.41 Å². The van der Waals surface area contributed by atoms with Gasteiger partial charge in [0, 0.05) is 18.2 Å². The Kier molecular flexibility index (Phi) is 3.80. The van der Waals surface area contributed by atoms with E-state index in [1.165, 1.54) is 4.90 Å². The Morgan fingerprint density at radius 3 is 2.58 bits per heavy atom. The number of nitrogens with two attached hydrogens (primary N) is 1. The molecule has 2 rings (SSSR count). The lowest BCUT2D eigenvalue weighted by Gasteiger charge is -2.23. The van der Waals surface area contributed by atoms with Crippen molar-refractivity contribution in [3.8, 4) is 0 Å². The lowest BCUT2D eigenvalue weighted by atomic mass is 10.1. The molecule has 0 unspecified atom stereocenters. The maximum Gasteiger partial charge on any atom is 0.401 e. The first-order valence-electron chi connectivity index (χ1n) is 6.09. The van der Waals surface area contributed by atoms with Crippen LogP contribution in [-0.4, -0.2) is 29.5 Å². The number of nitrogens with zero attached hydrogens (tertiary/aromatic N) is 1. The molecule has 0 spiro atoms. The molecule has 0 heterocycles. The molecule has 1 aliphatic carbocycles. The van der Waals surface area contributed by atoms with Gasteiger partial charge in [0.1, 0.15) is 5.84 Å². The molecule has 0 amide bonds. The molecule has 0 atom stereocenters. The van der Waals surface area contributed by atoms with E-state index < -0.39 is 12.7 Å². The molecule has 0 aromatic heterocycles. The Bertz CT molecular complexity index is 466. The number of alkyl halides is 3. The van der Waals surface area contributed by atoms with Gasteiger partial charge in [0.05, 0.1) is 6.54 Å². The minimum absolute atomic E-state index is 0.0302. The highest BCUT2D eigenvalue weighted by atomic mass is 19.4. The van der Waals surface area contributed by atoms with Crippen molar-refractivity contribution >= 4 is 5.84 Å². The van der Waals surface area contributed by atoms with Crippen LogP contribution in [0, 0.1) is 5.41 Å². The Balaban J connectivity index is 2.08. The molecular weight excluding hydrogens is 255 g/mol. The molecule has 3 N–H and O–H groups in total. The van der Waals surface area contributed by atoms with Gasteiger partial charge in [-0.25, -0.2) is 0 Å². The summed E-state index contributed by atoms with van der Waals surface area (Å²) in [6.45, 7) is -0.646. The van der Waals surface area contributed by atoms with Crippen molar-refractivity contribution < 1.29 is 13.2 Å². The summed E-state index contributed by atoms with van der Waals surface area (Å²) in [5.41, 5.74) is 6.67. The molecule has 6 heteroatoms. The first-order valence-corrected chi connectivity index (χ1v) is 6.09. The molecule has 19 heavy (non-hydrogen) atoms. The van der Waals surface area contributed by atoms with Gasteiger partial charge in [-0.3, -0.25) is 10.3 Å². The third-order valence-electron chi connectivity index (χ3n) is 3.07. The van der Waals surface area contributed by atoms with Crippen LogP contribution in [0.25, 0.3) is 0 Å². The number of benzene rings is 1. The van der Waals surface area contributed by atoms with Crippen molar-refractivity contribution in [3.05, 3.63) is 35.4 Å². The minimum Gasteiger partial charge on any atom is -0.384 e. The Hall–Kier alpha value is -1.56. The summed E-state index contributed by atoms with van der Waals surface area (Å²) >= 11 is 0. The SMILES string of the molecule is N=C(N)c1cccc(CN(CC(F)(F)F)C2CC2)c1. The van der Waals surface area contributed by atoms with Crippen LogP contribution in [0.15, 0.2) is 24.3 Å². The molecule has 104 valence electrons. The average molecular weight is 271 g/mol. The lowest BCUT2D eigenvalue weighted by molar-refractivity contribution is -0.148. The number of halogens is 3. The van der Waals surface area contributed by atoms with E-state index in [-0.39, 0.29) is 18.4 Å². The molecule has 0 aliphatic heterocycles. The van der Waals surface area contributed by atoms with Gasteiger partial charge in [-0.15, -0.1) is 0 Å². The number of amidine groups is 1. The second-order valence-electron chi connectivity index (χ2n) is 4.87. The average Bonchev–Trinajstić information content (AvgIpc) is 3.10. The Morgan fingerprint density at radius 1 is 1.37 bits per heavy atom. The summed E-state index contributed by atoms with van der Waals surface area (Å²) in [6.07, 6.45) is -2.54. The fourth-order valence-corrected chi connectivity index (χ4v) is 2.06. The predicted octanol–water partition coefficient (Wildman–Crippen LogP) is 2.50. The van der Waals surface area contributed by atoms with Crippen LogP contribution in [0.2, 0.25) is 0 Å². The monoisotopic (exact) mass is 271 g/mol. The zero-order valence-corrected chi connectivity index (χ0v) is 10.4. The number of hydrogen-bond donors (Lipinski definition) is 2. The van der Waals surface area contributed by atoms with E-state index >= 15 is 0 Å². The zero-order valence-electron chi connectivity index (χ0n) is 10.4. The van der Waals surface area contributed by atoms with Gasteiger partial charge in [-0.05, 0) is 24.5 Å².